The van der Waals surface area contributed by atoms with Crippen LogP contribution in [0.3, 0.4) is 0 Å². The molecule has 1 saturated heterocycles. The zero-order valence-corrected chi connectivity index (χ0v) is 23.5. The van der Waals surface area contributed by atoms with Crippen molar-refractivity contribution in [3.05, 3.63) is 58.9 Å². The van der Waals surface area contributed by atoms with E-state index in [1.807, 2.05) is 82.6 Å². The Morgan fingerprint density at radius 1 is 1.16 bits per heavy atom. The monoisotopic (exact) mass is 520 g/mol. The van der Waals surface area contributed by atoms with Crippen LogP contribution in [0, 0.1) is 0 Å². The number of nitrogens with zero attached hydrogens (tertiary/aromatic N) is 3. The number of aromatic nitrogens is 2. The van der Waals surface area contributed by atoms with Crippen molar-refractivity contribution in [3.63, 3.8) is 0 Å². The van der Waals surface area contributed by atoms with Gasteiger partial charge in [0.2, 0.25) is 0 Å². The Morgan fingerprint density at radius 3 is 2.47 bits per heavy atom. The van der Waals surface area contributed by atoms with E-state index in [0.29, 0.717) is 42.3 Å². The Hall–Kier alpha value is -3.23. The second-order valence-corrected chi connectivity index (χ2v) is 10.9. The van der Waals surface area contributed by atoms with Crippen LogP contribution >= 0.6 is 0 Å². The molecular formula is C30H40N4O4. The van der Waals surface area contributed by atoms with Crippen LogP contribution in [0.1, 0.15) is 66.7 Å². The summed E-state index contributed by atoms with van der Waals surface area (Å²) in [5, 5.41) is 3.97. The van der Waals surface area contributed by atoms with Crippen molar-refractivity contribution in [2.75, 3.05) is 32.8 Å². The van der Waals surface area contributed by atoms with Crippen molar-refractivity contribution in [3.8, 4) is 5.75 Å². The van der Waals surface area contributed by atoms with E-state index in [9.17, 15) is 9.59 Å². The lowest BCUT2D eigenvalue weighted by atomic mass is 10.00. The maximum Gasteiger partial charge on any atom is 0.272 e. The molecule has 0 saturated carbocycles. The van der Waals surface area contributed by atoms with Gasteiger partial charge in [0.05, 0.1) is 24.7 Å². The number of nitrogens with one attached hydrogen (secondary N) is 1. The minimum Gasteiger partial charge on any atom is -0.488 e. The van der Waals surface area contributed by atoms with E-state index < -0.39 is 5.54 Å². The smallest absolute Gasteiger partial charge is 0.272 e. The fourth-order valence-corrected chi connectivity index (χ4v) is 5.08. The fourth-order valence-electron chi connectivity index (χ4n) is 5.08. The summed E-state index contributed by atoms with van der Waals surface area (Å²) in [5.74, 6) is 0.326. The summed E-state index contributed by atoms with van der Waals surface area (Å²) < 4.78 is 13.5. The summed E-state index contributed by atoms with van der Waals surface area (Å²) in [5.41, 5.74) is 3.01. The first-order valence-electron chi connectivity index (χ1n) is 13.5. The van der Waals surface area contributed by atoms with E-state index in [-0.39, 0.29) is 24.2 Å². The van der Waals surface area contributed by atoms with Crippen LogP contribution in [-0.4, -0.2) is 70.6 Å². The van der Waals surface area contributed by atoms with E-state index in [1.54, 1.807) is 0 Å². The highest BCUT2D eigenvalue weighted by Gasteiger charge is 2.31. The van der Waals surface area contributed by atoms with E-state index >= 15 is 0 Å². The number of benzene rings is 1. The molecule has 204 valence electrons. The molecule has 0 radical (unpaired) electrons. The molecule has 2 aromatic heterocycles. The topological polar surface area (TPSA) is 85.7 Å². The average molecular weight is 521 g/mol. The molecule has 1 aliphatic rings. The molecular weight excluding hydrogens is 480 g/mol. The van der Waals surface area contributed by atoms with Gasteiger partial charge in [0.15, 0.2) is 17.2 Å². The third-order valence-electron chi connectivity index (χ3n) is 6.81. The van der Waals surface area contributed by atoms with Gasteiger partial charge >= 0.3 is 0 Å². The van der Waals surface area contributed by atoms with Crippen LogP contribution in [0.15, 0.2) is 36.4 Å². The zero-order valence-electron chi connectivity index (χ0n) is 23.5. The Morgan fingerprint density at radius 2 is 1.84 bits per heavy atom. The Labute approximate surface area is 225 Å². The average Bonchev–Trinajstić information content (AvgIpc) is 3.13. The number of aryl methyl sites for hydroxylation is 2. The summed E-state index contributed by atoms with van der Waals surface area (Å²) in [7, 11) is 1.85. The standard InChI is InChI=1S/C30H40N4O4/c1-7-24-22(18-25(35)21-11-9-8-10-12-21)17-23-27(38-20(2)3)26(33(6)28(23)31-24)29(36)32-30(4,5)19-34-13-15-37-16-14-34/h8-12,17,20H,7,13-16,18-19H2,1-6H3,(H,32,36). The van der Waals surface area contributed by atoms with Crippen LogP contribution in [0.5, 0.6) is 5.75 Å². The van der Waals surface area contributed by atoms with Gasteiger partial charge in [-0.15, -0.1) is 0 Å². The van der Waals surface area contributed by atoms with Crippen molar-refractivity contribution in [2.45, 2.75) is 59.1 Å². The number of carbonyl (C=O) groups excluding carboxylic acids is 2. The molecule has 1 aliphatic heterocycles. The molecule has 8 nitrogen and oxygen atoms in total. The first-order chi connectivity index (χ1) is 18.1. The highest BCUT2D eigenvalue weighted by Crippen LogP contribution is 2.35. The van der Waals surface area contributed by atoms with Gasteiger partial charge in [-0.05, 0) is 45.7 Å². The van der Waals surface area contributed by atoms with Crippen LogP contribution in [0.25, 0.3) is 11.0 Å². The van der Waals surface area contributed by atoms with Crippen LogP contribution < -0.4 is 10.1 Å². The number of carbonyl (C=O) groups is 2. The second kappa shape index (κ2) is 11.7. The van der Waals surface area contributed by atoms with Crippen molar-refractivity contribution in [1.29, 1.82) is 0 Å². The van der Waals surface area contributed by atoms with E-state index in [1.165, 1.54) is 0 Å². The first kappa shape index (κ1) is 27.8. The molecule has 8 heteroatoms. The molecule has 0 bridgehead atoms. The number of morpholine rings is 1. The summed E-state index contributed by atoms with van der Waals surface area (Å²) in [4.78, 5) is 34.0. The van der Waals surface area contributed by atoms with Crippen LogP contribution in [0.2, 0.25) is 0 Å². The zero-order chi connectivity index (χ0) is 27.4. The number of ketones is 1. The van der Waals surface area contributed by atoms with Gasteiger partial charge in [0.25, 0.3) is 5.91 Å². The lowest BCUT2D eigenvalue weighted by molar-refractivity contribution is 0.0268. The molecule has 0 unspecified atom stereocenters. The van der Waals surface area contributed by atoms with E-state index in [0.717, 1.165) is 36.3 Å². The fraction of sp³-hybridized carbons (Fsp3) is 0.500. The number of Topliss-reactive ketones (excluding diaryl/α,β-unsaturated/α-hetero) is 1. The van der Waals surface area contributed by atoms with E-state index in [2.05, 4.69) is 10.2 Å². The van der Waals surface area contributed by atoms with Crippen molar-refractivity contribution in [1.82, 2.24) is 19.8 Å². The summed E-state index contributed by atoms with van der Waals surface area (Å²) >= 11 is 0. The van der Waals surface area contributed by atoms with Gasteiger partial charge in [-0.25, -0.2) is 4.98 Å². The molecule has 1 aromatic carbocycles. The van der Waals surface area contributed by atoms with Crippen molar-refractivity contribution in [2.24, 2.45) is 7.05 Å². The second-order valence-electron chi connectivity index (χ2n) is 10.9. The molecule has 0 aliphatic carbocycles. The molecule has 3 heterocycles. The van der Waals surface area contributed by atoms with Gasteiger partial charge < -0.3 is 19.4 Å². The van der Waals surface area contributed by atoms with Crippen LogP contribution in [-0.2, 0) is 24.6 Å². The highest BCUT2D eigenvalue weighted by molar-refractivity contribution is 6.04. The first-order valence-corrected chi connectivity index (χ1v) is 13.5. The molecule has 3 aromatic rings. The Bertz CT molecular complexity index is 1290. The predicted octanol–water partition coefficient (Wildman–Crippen LogP) is 4.19. The number of hydrogen-bond donors (Lipinski definition) is 1. The van der Waals surface area contributed by atoms with Crippen molar-refractivity contribution < 1.29 is 19.1 Å². The Balaban J connectivity index is 1.71. The van der Waals surface area contributed by atoms with Gasteiger partial charge in [-0.3, -0.25) is 14.5 Å². The number of fused-ring (bicyclic) bond motifs is 1. The third-order valence-corrected chi connectivity index (χ3v) is 6.81. The van der Waals surface area contributed by atoms with Crippen molar-refractivity contribution >= 4 is 22.7 Å². The quantitative estimate of drug-likeness (QED) is 0.404. The maximum absolute atomic E-state index is 13.8. The number of ether oxygens (including phenoxy) is 2. The lowest BCUT2D eigenvalue weighted by Crippen LogP contribution is -2.53. The molecule has 1 N–H and O–H groups in total. The lowest BCUT2D eigenvalue weighted by Gasteiger charge is -2.35. The highest BCUT2D eigenvalue weighted by atomic mass is 16.5. The number of hydrogen-bond acceptors (Lipinski definition) is 6. The van der Waals surface area contributed by atoms with Crippen LogP contribution in [0.4, 0.5) is 0 Å². The minimum absolute atomic E-state index is 0.0338. The molecule has 1 fully saturated rings. The third kappa shape index (κ3) is 6.25. The molecule has 0 atom stereocenters. The van der Waals surface area contributed by atoms with Gasteiger partial charge in [-0.1, -0.05) is 37.3 Å². The van der Waals surface area contributed by atoms with Gasteiger partial charge in [0.1, 0.15) is 5.65 Å². The van der Waals surface area contributed by atoms with Gasteiger partial charge in [0, 0.05) is 49.9 Å². The van der Waals surface area contributed by atoms with E-state index in [4.69, 9.17) is 14.5 Å². The number of pyridine rings is 1. The molecule has 4 rings (SSSR count). The predicted molar refractivity (Wildman–Crippen MR) is 149 cm³/mol. The number of amides is 1. The molecule has 1 amide bonds. The SMILES string of the molecule is CCc1nc2c(cc1CC(=O)c1ccccc1)c(OC(C)C)c(C(=O)NC(C)(C)CN1CCOCC1)n2C. The minimum atomic E-state index is -0.463. The maximum atomic E-state index is 13.8. The molecule has 0 spiro atoms. The normalized spacial score (nSPS) is 14.7. The largest absolute Gasteiger partial charge is 0.488 e. The summed E-state index contributed by atoms with van der Waals surface area (Å²) in [6.45, 7) is 13.8. The van der Waals surface area contributed by atoms with Gasteiger partial charge in [-0.2, -0.15) is 0 Å². The molecule has 38 heavy (non-hydrogen) atoms. The summed E-state index contributed by atoms with van der Waals surface area (Å²) in [6, 6.07) is 11.3. The Kier molecular flexibility index (Phi) is 8.53. The number of rotatable bonds is 10. The summed E-state index contributed by atoms with van der Waals surface area (Å²) in [6.07, 6.45) is 0.765.